The van der Waals surface area contributed by atoms with Crippen LogP contribution in [0.4, 0.5) is 4.79 Å². The first-order chi connectivity index (χ1) is 12.4. The highest BCUT2D eigenvalue weighted by Gasteiger charge is 2.33. The van der Waals surface area contributed by atoms with Gasteiger partial charge in [0.2, 0.25) is 6.10 Å². The molecule has 0 aromatic heterocycles. The number of methoxy groups -OCH3 is 2. The zero-order chi connectivity index (χ0) is 19.3. The fraction of sp³-hybridized carbons (Fsp3) is 0.474. The number of esters is 1. The van der Waals surface area contributed by atoms with Crippen LogP contribution in [-0.2, 0) is 14.3 Å². The Kier molecular flexibility index (Phi) is 6.91. The van der Waals surface area contributed by atoms with Gasteiger partial charge in [0.05, 0.1) is 19.2 Å². The van der Waals surface area contributed by atoms with E-state index in [1.54, 1.807) is 29.2 Å². The lowest BCUT2D eigenvalue weighted by Gasteiger charge is -2.30. The number of carbonyl (C=O) groups is 2. The third-order valence-electron chi connectivity index (χ3n) is 4.12. The quantitative estimate of drug-likeness (QED) is 0.702. The molecule has 0 saturated carbocycles. The van der Waals surface area contributed by atoms with Crippen LogP contribution in [0.3, 0.4) is 0 Å². The zero-order valence-corrected chi connectivity index (χ0v) is 16.2. The number of halogens is 1. The lowest BCUT2D eigenvalue weighted by atomic mass is 10.0. The van der Waals surface area contributed by atoms with E-state index in [-0.39, 0.29) is 6.54 Å². The highest BCUT2D eigenvalue weighted by molar-refractivity contribution is 6.32. The van der Waals surface area contributed by atoms with E-state index < -0.39 is 18.2 Å². The molecule has 0 radical (unpaired) electrons. The summed E-state index contributed by atoms with van der Waals surface area (Å²) in [4.78, 5) is 25.9. The van der Waals surface area contributed by atoms with E-state index in [1.807, 2.05) is 0 Å². The van der Waals surface area contributed by atoms with E-state index in [0.29, 0.717) is 34.4 Å². The van der Waals surface area contributed by atoms with Crippen molar-refractivity contribution >= 4 is 29.7 Å². The molecule has 1 amide bonds. The minimum absolute atomic E-state index is 0.184. The predicted octanol–water partition coefficient (Wildman–Crippen LogP) is 3.77. The van der Waals surface area contributed by atoms with Crippen LogP contribution in [0.25, 0.3) is 6.08 Å². The summed E-state index contributed by atoms with van der Waals surface area (Å²) in [6.07, 6.45) is 1.20. The van der Waals surface area contributed by atoms with E-state index in [1.165, 1.54) is 14.2 Å². The predicted molar refractivity (Wildman–Crippen MR) is 99.3 cm³/mol. The number of fused-ring (bicyclic) bond motifs is 1. The van der Waals surface area contributed by atoms with Gasteiger partial charge in [0, 0.05) is 24.2 Å². The van der Waals surface area contributed by atoms with E-state index >= 15 is 0 Å². The van der Waals surface area contributed by atoms with Crippen LogP contribution in [-0.4, -0.2) is 50.4 Å². The Morgan fingerprint density at radius 2 is 2.00 bits per heavy atom. The van der Waals surface area contributed by atoms with Crippen LogP contribution in [0, 0.1) is 5.92 Å². The number of carbonyl (C=O) groups excluding carboxylic acids is 2. The molecule has 1 atom stereocenters. The van der Waals surface area contributed by atoms with Gasteiger partial charge in [-0.15, -0.1) is 0 Å². The number of rotatable bonds is 6. The molecule has 2 rings (SSSR count). The van der Waals surface area contributed by atoms with Crippen LogP contribution < -0.4 is 4.74 Å². The summed E-state index contributed by atoms with van der Waals surface area (Å²) in [7, 11) is 2.63. The molecular weight excluding hydrogens is 358 g/mol. The SMILES string of the molecule is COC(=O)C1Oc2cccc(Cl)c2C=C1CN(CCC(C)C)C(=O)OC. The molecule has 0 aliphatic carbocycles. The number of amides is 1. The summed E-state index contributed by atoms with van der Waals surface area (Å²) in [5.41, 5.74) is 1.27. The van der Waals surface area contributed by atoms with Crippen molar-refractivity contribution in [2.45, 2.75) is 26.4 Å². The molecule has 0 saturated heterocycles. The Labute approximate surface area is 158 Å². The maximum atomic E-state index is 12.2. The van der Waals surface area contributed by atoms with Gasteiger partial charge in [-0.2, -0.15) is 0 Å². The van der Waals surface area contributed by atoms with Crippen molar-refractivity contribution in [1.82, 2.24) is 4.90 Å². The molecule has 142 valence electrons. The van der Waals surface area contributed by atoms with Gasteiger partial charge in [0.1, 0.15) is 5.75 Å². The molecule has 0 spiro atoms. The van der Waals surface area contributed by atoms with Gasteiger partial charge < -0.3 is 19.1 Å². The second-order valence-corrected chi connectivity index (χ2v) is 6.87. The van der Waals surface area contributed by atoms with E-state index in [0.717, 1.165) is 6.42 Å². The molecule has 7 heteroatoms. The van der Waals surface area contributed by atoms with Gasteiger partial charge in [0.25, 0.3) is 0 Å². The summed E-state index contributed by atoms with van der Waals surface area (Å²) < 4.78 is 15.5. The van der Waals surface area contributed by atoms with Crippen molar-refractivity contribution in [3.63, 3.8) is 0 Å². The maximum Gasteiger partial charge on any atom is 0.409 e. The van der Waals surface area contributed by atoms with Crippen molar-refractivity contribution < 1.29 is 23.8 Å². The number of nitrogens with zero attached hydrogens (tertiary/aromatic N) is 1. The Balaban J connectivity index is 2.35. The van der Waals surface area contributed by atoms with Gasteiger partial charge in [-0.25, -0.2) is 9.59 Å². The first-order valence-electron chi connectivity index (χ1n) is 8.43. The molecule has 1 aromatic rings. The number of ether oxygens (including phenoxy) is 3. The van der Waals surface area contributed by atoms with E-state index in [9.17, 15) is 9.59 Å². The van der Waals surface area contributed by atoms with Gasteiger partial charge in [-0.3, -0.25) is 0 Å². The fourth-order valence-electron chi connectivity index (χ4n) is 2.66. The molecule has 1 aromatic carbocycles. The highest BCUT2D eigenvalue weighted by Crippen LogP contribution is 2.35. The van der Waals surface area contributed by atoms with E-state index in [4.69, 9.17) is 25.8 Å². The second kappa shape index (κ2) is 8.94. The first kappa shape index (κ1) is 20.1. The molecule has 1 aliphatic heterocycles. The zero-order valence-electron chi connectivity index (χ0n) is 15.5. The van der Waals surface area contributed by atoms with E-state index in [2.05, 4.69) is 13.8 Å². The van der Waals surface area contributed by atoms with Crippen LogP contribution >= 0.6 is 11.6 Å². The van der Waals surface area contributed by atoms with Crippen LogP contribution in [0.1, 0.15) is 25.8 Å². The van der Waals surface area contributed by atoms with Crippen molar-refractivity contribution in [3.8, 4) is 5.75 Å². The lowest BCUT2D eigenvalue weighted by molar-refractivity contribution is -0.147. The standard InChI is InChI=1S/C19H24ClNO5/c1-12(2)8-9-21(19(23)25-4)11-13-10-14-15(20)6-5-7-16(14)26-17(13)18(22)24-3/h5-7,10,12,17H,8-9,11H2,1-4H3. The summed E-state index contributed by atoms with van der Waals surface area (Å²) >= 11 is 6.25. The molecular formula is C19H24ClNO5. The molecule has 1 unspecified atom stereocenters. The Morgan fingerprint density at radius 1 is 1.27 bits per heavy atom. The fourth-order valence-corrected chi connectivity index (χ4v) is 2.88. The summed E-state index contributed by atoms with van der Waals surface area (Å²) in [6.45, 7) is 4.84. The molecule has 0 N–H and O–H groups in total. The van der Waals surface area contributed by atoms with Gasteiger partial charge >= 0.3 is 12.1 Å². The van der Waals surface area contributed by atoms with Crippen LogP contribution in [0.15, 0.2) is 23.8 Å². The average Bonchev–Trinajstić information content (AvgIpc) is 2.63. The van der Waals surface area contributed by atoms with Crippen molar-refractivity contribution in [3.05, 3.63) is 34.4 Å². The second-order valence-electron chi connectivity index (χ2n) is 6.47. The monoisotopic (exact) mass is 381 g/mol. The summed E-state index contributed by atoms with van der Waals surface area (Å²) in [5.74, 6) is 0.393. The molecule has 6 nitrogen and oxygen atoms in total. The third kappa shape index (κ3) is 4.69. The summed E-state index contributed by atoms with van der Waals surface area (Å²) in [6, 6.07) is 5.23. The third-order valence-corrected chi connectivity index (χ3v) is 4.45. The minimum Gasteiger partial charge on any atom is -0.474 e. The minimum atomic E-state index is -0.933. The normalized spacial score (nSPS) is 15.6. The van der Waals surface area contributed by atoms with Gasteiger partial charge in [-0.05, 0) is 30.5 Å². The Morgan fingerprint density at radius 3 is 2.62 bits per heavy atom. The van der Waals surface area contributed by atoms with Gasteiger partial charge in [-0.1, -0.05) is 31.5 Å². The topological polar surface area (TPSA) is 65.1 Å². The number of benzene rings is 1. The maximum absolute atomic E-state index is 12.2. The molecule has 0 bridgehead atoms. The van der Waals surface area contributed by atoms with Crippen molar-refractivity contribution in [2.75, 3.05) is 27.3 Å². The molecule has 1 aliphatic rings. The largest absolute Gasteiger partial charge is 0.474 e. The number of hydrogen-bond donors (Lipinski definition) is 0. The van der Waals surface area contributed by atoms with Crippen molar-refractivity contribution in [2.24, 2.45) is 5.92 Å². The molecule has 0 fully saturated rings. The van der Waals surface area contributed by atoms with Crippen LogP contribution in [0.5, 0.6) is 5.75 Å². The number of hydrogen-bond acceptors (Lipinski definition) is 5. The van der Waals surface area contributed by atoms with Crippen molar-refractivity contribution in [1.29, 1.82) is 0 Å². The molecule has 1 heterocycles. The average molecular weight is 382 g/mol. The smallest absolute Gasteiger partial charge is 0.409 e. The first-order valence-corrected chi connectivity index (χ1v) is 8.81. The summed E-state index contributed by atoms with van der Waals surface area (Å²) in [5, 5.41) is 0.509. The van der Waals surface area contributed by atoms with Gasteiger partial charge in [0.15, 0.2) is 0 Å². The Hall–Kier alpha value is -2.21. The lowest BCUT2D eigenvalue weighted by Crippen LogP contribution is -2.41. The highest BCUT2D eigenvalue weighted by atomic mass is 35.5. The van der Waals surface area contributed by atoms with Crippen LogP contribution in [0.2, 0.25) is 5.02 Å². The Bertz CT molecular complexity index is 701. The molecule has 26 heavy (non-hydrogen) atoms.